The van der Waals surface area contributed by atoms with Crippen molar-refractivity contribution in [3.05, 3.63) is 35.4 Å². The summed E-state index contributed by atoms with van der Waals surface area (Å²) in [6, 6.07) is 3.45. The molecular weight excluding hydrogens is 214 g/mol. The van der Waals surface area contributed by atoms with Crippen LogP contribution < -0.4 is 0 Å². The van der Waals surface area contributed by atoms with Crippen molar-refractivity contribution in [2.45, 2.75) is 19.3 Å². The molecule has 1 aliphatic carbocycles. The fraction of sp³-hybridized carbons (Fsp3) is 0.417. The fourth-order valence-electron chi connectivity index (χ4n) is 1.85. The topological polar surface area (TPSA) is 26.3 Å². The van der Waals surface area contributed by atoms with E-state index in [1.165, 1.54) is 12.1 Å². The van der Waals surface area contributed by atoms with E-state index in [9.17, 15) is 13.6 Å². The van der Waals surface area contributed by atoms with Crippen molar-refractivity contribution in [1.29, 1.82) is 0 Å². The highest BCUT2D eigenvalue weighted by molar-refractivity contribution is 5.77. The summed E-state index contributed by atoms with van der Waals surface area (Å²) in [6.07, 6.45) is 0.585. The Morgan fingerprint density at radius 3 is 2.88 bits per heavy atom. The van der Waals surface area contributed by atoms with Crippen molar-refractivity contribution in [2.24, 2.45) is 5.92 Å². The lowest BCUT2D eigenvalue weighted by molar-refractivity contribution is -0.144. The number of carbonyl (C=O) groups excluding carboxylic acids is 1. The van der Waals surface area contributed by atoms with E-state index < -0.39 is 11.6 Å². The predicted octanol–water partition coefficient (Wildman–Crippen LogP) is 2.63. The Morgan fingerprint density at radius 2 is 2.25 bits per heavy atom. The average Bonchev–Trinajstić information content (AvgIpc) is 2.98. The zero-order chi connectivity index (χ0) is 11.7. The average molecular weight is 226 g/mol. The van der Waals surface area contributed by atoms with Crippen LogP contribution in [0, 0.1) is 17.6 Å². The quantitative estimate of drug-likeness (QED) is 0.740. The Kier molecular flexibility index (Phi) is 2.90. The van der Waals surface area contributed by atoms with Crippen LogP contribution in [0.1, 0.15) is 24.8 Å². The second-order valence-corrected chi connectivity index (χ2v) is 3.87. The first kappa shape index (κ1) is 11.0. The van der Waals surface area contributed by atoms with Gasteiger partial charge in [-0.25, -0.2) is 8.78 Å². The normalized spacial score (nSPS) is 22.9. The SMILES string of the molecule is CCOC(=O)[C@@H]1C[C@H]1c1ccc(F)cc1F. The Balaban J connectivity index is 2.08. The molecular formula is C12H12F2O2. The number of esters is 1. The molecule has 1 aliphatic rings. The van der Waals surface area contributed by atoms with E-state index in [4.69, 9.17) is 4.74 Å². The number of halogens is 2. The van der Waals surface area contributed by atoms with Gasteiger partial charge in [0.25, 0.3) is 0 Å². The molecule has 0 amide bonds. The molecule has 0 radical (unpaired) electrons. The molecule has 2 atom stereocenters. The molecule has 2 nitrogen and oxygen atoms in total. The number of benzene rings is 1. The van der Waals surface area contributed by atoms with Gasteiger partial charge in [-0.1, -0.05) is 6.07 Å². The highest BCUT2D eigenvalue weighted by Crippen LogP contribution is 2.48. The van der Waals surface area contributed by atoms with Crippen LogP contribution in [0.4, 0.5) is 8.78 Å². The summed E-state index contributed by atoms with van der Waals surface area (Å²) in [5.41, 5.74) is 0.402. The molecule has 0 unspecified atom stereocenters. The molecule has 1 saturated carbocycles. The van der Waals surface area contributed by atoms with Gasteiger partial charge in [-0.05, 0) is 25.0 Å². The summed E-state index contributed by atoms with van der Waals surface area (Å²) in [6.45, 7) is 2.06. The number of carbonyl (C=O) groups is 1. The van der Waals surface area contributed by atoms with Crippen molar-refractivity contribution in [2.75, 3.05) is 6.61 Å². The van der Waals surface area contributed by atoms with Gasteiger partial charge in [0, 0.05) is 12.0 Å². The summed E-state index contributed by atoms with van der Waals surface area (Å²) in [5, 5.41) is 0. The molecule has 86 valence electrons. The summed E-state index contributed by atoms with van der Waals surface area (Å²) < 4.78 is 30.9. The van der Waals surface area contributed by atoms with Crippen LogP contribution in [0.3, 0.4) is 0 Å². The monoisotopic (exact) mass is 226 g/mol. The number of hydrogen-bond acceptors (Lipinski definition) is 2. The maximum absolute atomic E-state index is 13.4. The Hall–Kier alpha value is -1.45. The second-order valence-electron chi connectivity index (χ2n) is 3.87. The minimum absolute atomic E-state index is 0.153. The highest BCUT2D eigenvalue weighted by Gasteiger charge is 2.46. The molecule has 0 bridgehead atoms. The van der Waals surface area contributed by atoms with E-state index >= 15 is 0 Å². The molecule has 1 aromatic carbocycles. The molecule has 0 spiro atoms. The standard InChI is InChI=1S/C12H12F2O2/c1-2-16-12(15)10-6-9(10)8-4-3-7(13)5-11(8)14/h3-5,9-10H,2,6H2,1H3/t9-,10+/m0/s1. The van der Waals surface area contributed by atoms with Crippen LogP contribution in [-0.2, 0) is 9.53 Å². The number of ether oxygens (including phenoxy) is 1. The van der Waals surface area contributed by atoms with Crippen molar-refractivity contribution >= 4 is 5.97 Å². The maximum atomic E-state index is 13.4. The zero-order valence-corrected chi connectivity index (χ0v) is 8.87. The smallest absolute Gasteiger partial charge is 0.309 e. The van der Waals surface area contributed by atoms with Crippen LogP contribution in [0.25, 0.3) is 0 Å². The Bertz CT molecular complexity index is 417. The third-order valence-corrected chi connectivity index (χ3v) is 2.74. The lowest BCUT2D eigenvalue weighted by Gasteiger charge is -2.02. The lowest BCUT2D eigenvalue weighted by atomic mass is 10.1. The molecule has 0 N–H and O–H groups in total. The summed E-state index contributed by atoms with van der Waals surface area (Å²) in [7, 11) is 0. The van der Waals surface area contributed by atoms with E-state index in [0.717, 1.165) is 6.07 Å². The first-order valence-corrected chi connectivity index (χ1v) is 5.25. The molecule has 1 aromatic rings. The number of rotatable bonds is 3. The van der Waals surface area contributed by atoms with Crippen LogP contribution in [0.15, 0.2) is 18.2 Å². The fourth-order valence-corrected chi connectivity index (χ4v) is 1.85. The van der Waals surface area contributed by atoms with Gasteiger partial charge in [0.2, 0.25) is 0 Å². The van der Waals surface area contributed by atoms with Gasteiger partial charge in [0.15, 0.2) is 0 Å². The van der Waals surface area contributed by atoms with Crippen LogP contribution in [0.2, 0.25) is 0 Å². The zero-order valence-electron chi connectivity index (χ0n) is 8.87. The minimum atomic E-state index is -0.602. The van der Waals surface area contributed by atoms with E-state index in [-0.39, 0.29) is 17.8 Å². The number of hydrogen-bond donors (Lipinski definition) is 0. The molecule has 0 aromatic heterocycles. The van der Waals surface area contributed by atoms with Gasteiger partial charge in [-0.3, -0.25) is 4.79 Å². The Labute approximate surface area is 92.2 Å². The van der Waals surface area contributed by atoms with Crippen molar-refractivity contribution in [1.82, 2.24) is 0 Å². The van der Waals surface area contributed by atoms with E-state index in [2.05, 4.69) is 0 Å². The molecule has 4 heteroatoms. The van der Waals surface area contributed by atoms with E-state index in [1.54, 1.807) is 6.92 Å². The van der Waals surface area contributed by atoms with Gasteiger partial charge < -0.3 is 4.74 Å². The summed E-state index contributed by atoms with van der Waals surface area (Å²) in [4.78, 5) is 11.3. The molecule has 1 fully saturated rings. The summed E-state index contributed by atoms with van der Waals surface area (Å²) >= 11 is 0. The third-order valence-electron chi connectivity index (χ3n) is 2.74. The van der Waals surface area contributed by atoms with Gasteiger partial charge in [-0.15, -0.1) is 0 Å². The van der Waals surface area contributed by atoms with Crippen LogP contribution in [0.5, 0.6) is 0 Å². The van der Waals surface area contributed by atoms with Gasteiger partial charge in [0.05, 0.1) is 12.5 Å². The molecule has 16 heavy (non-hydrogen) atoms. The first-order valence-electron chi connectivity index (χ1n) is 5.25. The van der Waals surface area contributed by atoms with Gasteiger partial charge in [0.1, 0.15) is 11.6 Å². The van der Waals surface area contributed by atoms with Crippen molar-refractivity contribution < 1.29 is 18.3 Å². The van der Waals surface area contributed by atoms with Crippen molar-refractivity contribution in [3.8, 4) is 0 Å². The van der Waals surface area contributed by atoms with Crippen molar-refractivity contribution in [3.63, 3.8) is 0 Å². The second kappa shape index (κ2) is 4.20. The van der Waals surface area contributed by atoms with Gasteiger partial charge >= 0.3 is 5.97 Å². The maximum Gasteiger partial charge on any atom is 0.309 e. The Morgan fingerprint density at radius 1 is 1.50 bits per heavy atom. The highest BCUT2D eigenvalue weighted by atomic mass is 19.1. The van der Waals surface area contributed by atoms with E-state index in [1.807, 2.05) is 0 Å². The molecule has 0 aliphatic heterocycles. The predicted molar refractivity (Wildman–Crippen MR) is 53.8 cm³/mol. The molecule has 0 saturated heterocycles. The third kappa shape index (κ3) is 2.05. The van der Waals surface area contributed by atoms with Crippen LogP contribution >= 0.6 is 0 Å². The lowest BCUT2D eigenvalue weighted by Crippen LogP contribution is -2.07. The van der Waals surface area contributed by atoms with Gasteiger partial charge in [-0.2, -0.15) is 0 Å². The largest absolute Gasteiger partial charge is 0.466 e. The molecule has 0 heterocycles. The first-order chi connectivity index (χ1) is 7.63. The summed E-state index contributed by atoms with van der Waals surface area (Å²) in [5.74, 6) is -1.90. The van der Waals surface area contributed by atoms with Crippen LogP contribution in [-0.4, -0.2) is 12.6 Å². The van der Waals surface area contributed by atoms with E-state index in [0.29, 0.717) is 18.6 Å². The molecule has 2 rings (SSSR count). The minimum Gasteiger partial charge on any atom is -0.466 e.